The number of carbonyl (C=O) groups excluding carboxylic acids is 1. The number of aromatic nitrogens is 1. The lowest BCUT2D eigenvalue weighted by molar-refractivity contribution is 0.0989. The van der Waals surface area contributed by atoms with Crippen LogP contribution in [0.25, 0.3) is 22.5 Å². The Morgan fingerprint density at radius 2 is 1.69 bits per heavy atom. The predicted octanol–water partition coefficient (Wildman–Crippen LogP) is 6.18. The summed E-state index contributed by atoms with van der Waals surface area (Å²) in [4.78, 5) is 18.1. The molecule has 0 saturated carbocycles. The molecule has 6 nitrogen and oxygen atoms in total. The van der Waals surface area contributed by atoms with Gasteiger partial charge in [-0.25, -0.2) is 0 Å². The summed E-state index contributed by atoms with van der Waals surface area (Å²) < 4.78 is 11.6. The van der Waals surface area contributed by atoms with Crippen molar-refractivity contribution in [2.24, 2.45) is 0 Å². The van der Waals surface area contributed by atoms with Crippen LogP contribution in [-0.4, -0.2) is 49.3 Å². The van der Waals surface area contributed by atoms with E-state index in [1.807, 2.05) is 30.0 Å². The Hall–Kier alpha value is -3.90. The Balaban J connectivity index is 1.13. The normalized spacial score (nSPS) is 17.8. The average molecular weight is 520 g/mol. The van der Waals surface area contributed by atoms with E-state index in [1.54, 1.807) is 0 Å². The van der Waals surface area contributed by atoms with Gasteiger partial charge in [0, 0.05) is 40.4 Å². The van der Waals surface area contributed by atoms with Gasteiger partial charge in [0.15, 0.2) is 5.76 Å². The number of benzene rings is 3. The van der Waals surface area contributed by atoms with Crippen molar-refractivity contribution in [3.05, 3.63) is 88.6 Å². The second kappa shape index (κ2) is 9.09. The predicted molar refractivity (Wildman–Crippen MR) is 153 cm³/mol. The summed E-state index contributed by atoms with van der Waals surface area (Å²) in [5.74, 6) is 1.86. The zero-order valence-corrected chi connectivity index (χ0v) is 22.8. The minimum atomic E-state index is 0.0596. The van der Waals surface area contributed by atoms with Crippen molar-refractivity contribution in [3.63, 3.8) is 0 Å². The Morgan fingerprint density at radius 3 is 2.41 bits per heavy atom. The first-order valence-corrected chi connectivity index (χ1v) is 13.9. The summed E-state index contributed by atoms with van der Waals surface area (Å²) in [5, 5.41) is 4.00. The van der Waals surface area contributed by atoms with Gasteiger partial charge in [0.05, 0.1) is 12.3 Å². The maximum Gasteiger partial charge on any atom is 0.258 e. The minimum Gasteiger partial charge on any atom is -0.492 e. The van der Waals surface area contributed by atoms with Crippen molar-refractivity contribution in [2.75, 3.05) is 38.2 Å². The lowest BCUT2D eigenvalue weighted by atomic mass is 9.74. The topological polar surface area (TPSA) is 58.8 Å². The number of fused-ring (bicyclic) bond motifs is 3. The third-order valence-electron chi connectivity index (χ3n) is 8.92. The number of anilines is 1. The molecule has 0 bridgehead atoms. The molecule has 1 amide bonds. The van der Waals surface area contributed by atoms with Crippen LogP contribution in [0.2, 0.25) is 0 Å². The number of rotatable bonds is 3. The van der Waals surface area contributed by atoms with E-state index in [0.29, 0.717) is 12.1 Å². The molecule has 3 aliphatic heterocycles. The fourth-order valence-electron chi connectivity index (χ4n) is 6.50. The molecule has 1 saturated heterocycles. The molecule has 198 valence electrons. The van der Waals surface area contributed by atoms with Crippen molar-refractivity contribution >= 4 is 11.6 Å². The number of nitrogens with zero attached hydrogens (tertiary/aromatic N) is 3. The lowest BCUT2D eigenvalue weighted by Crippen LogP contribution is -2.42. The van der Waals surface area contributed by atoms with Crippen molar-refractivity contribution in [2.45, 2.75) is 38.5 Å². The molecule has 39 heavy (non-hydrogen) atoms. The minimum absolute atomic E-state index is 0.0596. The zero-order chi connectivity index (χ0) is 26.7. The summed E-state index contributed by atoms with van der Waals surface area (Å²) in [6.07, 6.45) is 3.06. The van der Waals surface area contributed by atoms with Gasteiger partial charge < -0.3 is 19.1 Å². The number of hydrogen-bond acceptors (Lipinski definition) is 5. The van der Waals surface area contributed by atoms with Crippen LogP contribution >= 0.6 is 0 Å². The van der Waals surface area contributed by atoms with Crippen LogP contribution in [0.4, 0.5) is 5.69 Å². The van der Waals surface area contributed by atoms with Crippen LogP contribution in [0.1, 0.15) is 45.6 Å². The Labute approximate surface area is 229 Å². The molecule has 4 heterocycles. The van der Waals surface area contributed by atoms with Crippen molar-refractivity contribution in [1.29, 1.82) is 0 Å². The van der Waals surface area contributed by atoms with Gasteiger partial charge >= 0.3 is 0 Å². The zero-order valence-electron chi connectivity index (χ0n) is 22.8. The number of hydrogen-bond donors (Lipinski definition) is 0. The summed E-state index contributed by atoms with van der Waals surface area (Å²) in [7, 11) is 2.19. The van der Waals surface area contributed by atoms with Gasteiger partial charge in [0.25, 0.3) is 5.91 Å². The van der Waals surface area contributed by atoms with E-state index in [1.165, 1.54) is 11.1 Å². The molecular weight excluding hydrogens is 486 g/mol. The second-order valence-electron chi connectivity index (χ2n) is 11.5. The second-order valence-corrected chi connectivity index (χ2v) is 11.5. The van der Waals surface area contributed by atoms with Crippen LogP contribution in [0.3, 0.4) is 0 Å². The first-order valence-electron chi connectivity index (χ1n) is 13.9. The molecule has 0 atom stereocenters. The molecule has 0 N–H and O–H groups in total. The van der Waals surface area contributed by atoms with E-state index in [-0.39, 0.29) is 11.3 Å². The first kappa shape index (κ1) is 24.2. The van der Waals surface area contributed by atoms with Gasteiger partial charge in [0.2, 0.25) is 0 Å². The fraction of sp³-hybridized carbons (Fsp3) is 0.333. The largest absolute Gasteiger partial charge is 0.492 e. The van der Waals surface area contributed by atoms with Gasteiger partial charge in [0.1, 0.15) is 5.75 Å². The number of ether oxygens (including phenoxy) is 1. The van der Waals surface area contributed by atoms with Crippen molar-refractivity contribution in [3.8, 4) is 28.2 Å². The van der Waals surface area contributed by atoms with Crippen molar-refractivity contribution in [1.82, 2.24) is 10.1 Å². The molecule has 0 unspecified atom stereocenters. The summed E-state index contributed by atoms with van der Waals surface area (Å²) >= 11 is 0. The molecule has 3 aliphatic rings. The average Bonchev–Trinajstić information content (AvgIpc) is 3.66. The van der Waals surface area contributed by atoms with E-state index >= 15 is 0 Å². The van der Waals surface area contributed by atoms with E-state index in [0.717, 1.165) is 84.1 Å². The van der Waals surface area contributed by atoms with Gasteiger partial charge in [-0.3, -0.25) is 4.79 Å². The molecule has 4 aromatic rings. The molecule has 7 rings (SSSR count). The molecule has 3 aromatic carbocycles. The highest BCUT2D eigenvalue weighted by atomic mass is 16.5. The molecule has 1 spiro atoms. The Kier molecular flexibility index (Phi) is 5.63. The molecule has 1 fully saturated rings. The third-order valence-corrected chi connectivity index (χ3v) is 8.92. The van der Waals surface area contributed by atoms with E-state index in [4.69, 9.17) is 9.26 Å². The van der Waals surface area contributed by atoms with Crippen LogP contribution in [0.5, 0.6) is 5.75 Å². The van der Waals surface area contributed by atoms with Crippen LogP contribution in [-0.2, 0) is 11.8 Å². The van der Waals surface area contributed by atoms with Gasteiger partial charge in [-0.1, -0.05) is 29.4 Å². The number of piperidine rings is 1. The third kappa shape index (κ3) is 4.05. The number of likely N-dealkylation sites (tertiary alicyclic amines) is 1. The highest BCUT2D eigenvalue weighted by Crippen LogP contribution is 2.49. The smallest absolute Gasteiger partial charge is 0.258 e. The molecule has 0 aliphatic carbocycles. The van der Waals surface area contributed by atoms with Gasteiger partial charge in [-0.05, 0) is 106 Å². The van der Waals surface area contributed by atoms with Crippen molar-refractivity contribution < 1.29 is 14.1 Å². The summed E-state index contributed by atoms with van der Waals surface area (Å²) in [6.45, 7) is 7.64. The van der Waals surface area contributed by atoms with E-state index in [2.05, 4.69) is 66.5 Å². The summed E-state index contributed by atoms with van der Waals surface area (Å²) in [5.41, 5.74) is 9.60. The monoisotopic (exact) mass is 519 g/mol. The van der Waals surface area contributed by atoms with Crippen LogP contribution in [0, 0.1) is 13.8 Å². The summed E-state index contributed by atoms with van der Waals surface area (Å²) in [6, 6.07) is 20.7. The number of aryl methyl sites for hydroxylation is 2. The van der Waals surface area contributed by atoms with Crippen LogP contribution in [0.15, 0.2) is 65.2 Å². The highest BCUT2D eigenvalue weighted by Gasteiger charge is 2.44. The van der Waals surface area contributed by atoms with E-state index in [9.17, 15) is 4.79 Å². The highest BCUT2D eigenvalue weighted by molar-refractivity contribution is 6.07. The molecular formula is C33H33N3O3. The lowest BCUT2D eigenvalue weighted by Gasteiger charge is -2.37. The quantitative estimate of drug-likeness (QED) is 0.323. The van der Waals surface area contributed by atoms with E-state index < -0.39 is 0 Å². The first-order chi connectivity index (χ1) is 18.9. The molecule has 6 heteroatoms. The van der Waals surface area contributed by atoms with Crippen LogP contribution < -0.4 is 9.64 Å². The molecule has 1 aromatic heterocycles. The number of amides is 1. The van der Waals surface area contributed by atoms with Gasteiger partial charge in [-0.2, -0.15) is 0 Å². The Bertz CT molecular complexity index is 1580. The fourth-order valence-corrected chi connectivity index (χ4v) is 6.50. The maximum absolute atomic E-state index is 13.7. The van der Waals surface area contributed by atoms with Gasteiger partial charge in [-0.15, -0.1) is 0 Å². The maximum atomic E-state index is 13.7. The molecule has 0 radical (unpaired) electrons. The number of carbonyl (C=O) groups is 1. The standard InChI is InChI=1S/C33H33N3O3/c1-21-16-26(30-17-22(2)34-39-30)8-9-27(21)23-4-6-24(7-5-23)32(37)36-13-10-25-18-31-28(19-29(25)36)33(20-38-31)11-14-35(3)15-12-33/h4-9,16-19H,10-15,20H2,1-3H3. The SMILES string of the molecule is Cc1cc(-c2ccc(-c3ccc(C(=O)N4CCc5cc6c(cc54)C4(CCN(C)CC4)CO6)cc3)c(C)c2)on1. The Morgan fingerprint density at radius 1 is 0.923 bits per heavy atom.